The molecule has 0 aromatic heterocycles. The third-order valence-corrected chi connectivity index (χ3v) is 5.24. The van der Waals surface area contributed by atoms with E-state index in [1.54, 1.807) is 0 Å². The lowest BCUT2D eigenvalue weighted by atomic mass is 9.92. The Morgan fingerprint density at radius 1 is 1.00 bits per heavy atom. The second kappa shape index (κ2) is 7.39. The van der Waals surface area contributed by atoms with Crippen molar-refractivity contribution in [3.8, 4) is 0 Å². The molecule has 2 saturated heterocycles. The molecule has 1 aromatic rings. The highest BCUT2D eigenvalue weighted by Crippen LogP contribution is 2.25. The Hall–Kier alpha value is -0.900. The third kappa shape index (κ3) is 4.06. The number of nitrogens with two attached hydrogens (primary N) is 1. The summed E-state index contributed by atoms with van der Waals surface area (Å²) in [4.78, 5) is 5.35. The van der Waals surface area contributed by atoms with Gasteiger partial charge in [0.15, 0.2) is 0 Å². The van der Waals surface area contributed by atoms with Crippen molar-refractivity contribution in [1.82, 2.24) is 9.80 Å². The summed E-state index contributed by atoms with van der Waals surface area (Å²) in [6.07, 6.45) is 5.27. The van der Waals surface area contributed by atoms with Gasteiger partial charge in [0.05, 0.1) is 0 Å². The minimum atomic E-state index is 0.785. The van der Waals surface area contributed by atoms with E-state index in [9.17, 15) is 0 Å². The normalized spacial score (nSPS) is 25.5. The van der Waals surface area contributed by atoms with Crippen LogP contribution in [0.15, 0.2) is 30.3 Å². The van der Waals surface area contributed by atoms with Crippen LogP contribution >= 0.6 is 0 Å². The van der Waals surface area contributed by atoms with Gasteiger partial charge in [0.1, 0.15) is 0 Å². The minimum absolute atomic E-state index is 0.785. The van der Waals surface area contributed by atoms with Crippen LogP contribution in [0.25, 0.3) is 0 Å². The highest BCUT2D eigenvalue weighted by atomic mass is 15.3. The van der Waals surface area contributed by atoms with Gasteiger partial charge in [-0.2, -0.15) is 0 Å². The zero-order valence-electron chi connectivity index (χ0n) is 13.1. The maximum Gasteiger partial charge on any atom is 0.0235 e. The van der Waals surface area contributed by atoms with Gasteiger partial charge in [-0.15, -0.1) is 0 Å². The van der Waals surface area contributed by atoms with Gasteiger partial charge in [-0.3, -0.25) is 9.80 Å². The Morgan fingerprint density at radius 3 is 2.48 bits per heavy atom. The van der Waals surface area contributed by atoms with Gasteiger partial charge in [0.25, 0.3) is 0 Å². The monoisotopic (exact) mass is 287 g/mol. The lowest BCUT2D eigenvalue weighted by Gasteiger charge is -2.36. The van der Waals surface area contributed by atoms with Crippen LogP contribution in [0.5, 0.6) is 0 Å². The van der Waals surface area contributed by atoms with Crippen LogP contribution in [0, 0.1) is 5.92 Å². The van der Waals surface area contributed by atoms with Crippen LogP contribution in [0.3, 0.4) is 0 Å². The molecular formula is C18H29N3. The molecule has 2 aliphatic rings. The zero-order valence-corrected chi connectivity index (χ0v) is 13.1. The van der Waals surface area contributed by atoms with E-state index in [-0.39, 0.29) is 0 Å². The third-order valence-electron chi connectivity index (χ3n) is 5.24. The van der Waals surface area contributed by atoms with Crippen molar-refractivity contribution in [3.63, 3.8) is 0 Å². The van der Waals surface area contributed by atoms with Crippen molar-refractivity contribution < 1.29 is 0 Å². The van der Waals surface area contributed by atoms with Crippen molar-refractivity contribution in [2.75, 3.05) is 32.7 Å². The van der Waals surface area contributed by atoms with Crippen LogP contribution in [0.1, 0.15) is 31.2 Å². The molecular weight excluding hydrogens is 258 g/mol. The van der Waals surface area contributed by atoms with E-state index in [1.165, 1.54) is 57.4 Å². The molecule has 3 rings (SSSR count). The molecule has 21 heavy (non-hydrogen) atoms. The van der Waals surface area contributed by atoms with Gasteiger partial charge in [-0.05, 0) is 56.8 Å². The summed E-state index contributed by atoms with van der Waals surface area (Å²) in [6, 6.07) is 11.7. The van der Waals surface area contributed by atoms with Crippen molar-refractivity contribution >= 4 is 0 Å². The molecule has 2 heterocycles. The molecule has 3 heteroatoms. The Labute approximate surface area is 129 Å². The molecule has 0 bridgehead atoms. The number of rotatable bonds is 5. The van der Waals surface area contributed by atoms with Crippen LogP contribution in [0.4, 0.5) is 0 Å². The van der Waals surface area contributed by atoms with Gasteiger partial charge in [0, 0.05) is 25.7 Å². The summed E-state index contributed by atoms with van der Waals surface area (Å²) in [5, 5.41) is 0. The van der Waals surface area contributed by atoms with Gasteiger partial charge >= 0.3 is 0 Å². The number of likely N-dealkylation sites (tertiary alicyclic amines) is 2. The molecule has 0 amide bonds. The van der Waals surface area contributed by atoms with Gasteiger partial charge in [0.2, 0.25) is 0 Å². The zero-order chi connectivity index (χ0) is 14.5. The molecule has 3 nitrogen and oxygen atoms in total. The molecule has 0 spiro atoms. The molecule has 2 aliphatic heterocycles. The van der Waals surface area contributed by atoms with E-state index in [0.717, 1.165) is 25.0 Å². The molecule has 2 N–H and O–H groups in total. The molecule has 2 fully saturated rings. The SMILES string of the molecule is NCCC1CCN(C2CCN(Cc3ccccc3)C2)CC1. The average Bonchev–Trinajstić information content (AvgIpc) is 2.98. The van der Waals surface area contributed by atoms with E-state index in [4.69, 9.17) is 5.73 Å². The Kier molecular flexibility index (Phi) is 5.28. The first-order chi connectivity index (χ1) is 10.3. The minimum Gasteiger partial charge on any atom is -0.330 e. The van der Waals surface area contributed by atoms with Crippen molar-refractivity contribution in [1.29, 1.82) is 0 Å². The van der Waals surface area contributed by atoms with Crippen molar-refractivity contribution in [2.24, 2.45) is 11.7 Å². The summed E-state index contributed by atoms with van der Waals surface area (Å²) in [7, 11) is 0. The summed E-state index contributed by atoms with van der Waals surface area (Å²) in [5.41, 5.74) is 7.13. The van der Waals surface area contributed by atoms with Gasteiger partial charge in [-0.25, -0.2) is 0 Å². The fourth-order valence-electron chi connectivity index (χ4n) is 3.94. The fraction of sp³-hybridized carbons (Fsp3) is 0.667. The first-order valence-corrected chi connectivity index (χ1v) is 8.55. The lowest BCUT2D eigenvalue weighted by molar-refractivity contribution is 0.130. The molecule has 0 aliphatic carbocycles. The van der Waals surface area contributed by atoms with Crippen molar-refractivity contribution in [3.05, 3.63) is 35.9 Å². The maximum absolute atomic E-state index is 5.69. The first kappa shape index (κ1) is 15.0. The highest BCUT2D eigenvalue weighted by Gasteiger charge is 2.30. The predicted octanol–water partition coefficient (Wildman–Crippen LogP) is 2.32. The topological polar surface area (TPSA) is 32.5 Å². The largest absolute Gasteiger partial charge is 0.330 e. The lowest BCUT2D eigenvalue weighted by Crippen LogP contribution is -2.43. The van der Waals surface area contributed by atoms with Crippen LogP contribution in [-0.4, -0.2) is 48.6 Å². The van der Waals surface area contributed by atoms with E-state index in [2.05, 4.69) is 40.1 Å². The van der Waals surface area contributed by atoms with Gasteiger partial charge < -0.3 is 5.73 Å². The first-order valence-electron chi connectivity index (χ1n) is 8.55. The molecule has 1 atom stereocenters. The maximum atomic E-state index is 5.69. The second-order valence-electron chi connectivity index (χ2n) is 6.72. The van der Waals surface area contributed by atoms with E-state index >= 15 is 0 Å². The van der Waals surface area contributed by atoms with E-state index in [0.29, 0.717) is 0 Å². The molecule has 1 aromatic carbocycles. The van der Waals surface area contributed by atoms with E-state index < -0.39 is 0 Å². The number of benzene rings is 1. The standard InChI is InChI=1S/C18H29N3/c19-10-6-16-7-12-21(13-8-16)18-9-11-20(15-18)14-17-4-2-1-3-5-17/h1-5,16,18H,6-15,19H2. The second-order valence-corrected chi connectivity index (χ2v) is 6.72. The molecule has 116 valence electrons. The summed E-state index contributed by atoms with van der Waals surface area (Å²) >= 11 is 0. The van der Waals surface area contributed by atoms with Crippen LogP contribution in [-0.2, 0) is 6.54 Å². The number of piperidine rings is 1. The van der Waals surface area contributed by atoms with E-state index in [1.807, 2.05) is 0 Å². The molecule has 1 unspecified atom stereocenters. The van der Waals surface area contributed by atoms with Crippen LogP contribution in [0.2, 0.25) is 0 Å². The Bertz CT molecular complexity index is 412. The summed E-state index contributed by atoms with van der Waals surface area (Å²) < 4.78 is 0. The fourth-order valence-corrected chi connectivity index (χ4v) is 3.94. The Morgan fingerprint density at radius 2 is 1.76 bits per heavy atom. The Balaban J connectivity index is 1.45. The average molecular weight is 287 g/mol. The quantitative estimate of drug-likeness (QED) is 0.902. The smallest absolute Gasteiger partial charge is 0.0235 e. The summed E-state index contributed by atoms with van der Waals surface area (Å²) in [5.74, 6) is 0.882. The predicted molar refractivity (Wildman–Crippen MR) is 88.1 cm³/mol. The van der Waals surface area contributed by atoms with Gasteiger partial charge in [-0.1, -0.05) is 30.3 Å². The van der Waals surface area contributed by atoms with Crippen LogP contribution < -0.4 is 5.73 Å². The highest BCUT2D eigenvalue weighted by molar-refractivity contribution is 5.14. The number of hydrogen-bond donors (Lipinski definition) is 1. The number of hydrogen-bond acceptors (Lipinski definition) is 3. The summed E-state index contributed by atoms with van der Waals surface area (Å²) in [6.45, 7) is 7.04. The molecule has 0 saturated carbocycles. The van der Waals surface area contributed by atoms with Crippen molar-refractivity contribution in [2.45, 2.75) is 38.3 Å². The molecule has 0 radical (unpaired) electrons. The number of nitrogens with zero attached hydrogens (tertiary/aromatic N) is 2.